The van der Waals surface area contributed by atoms with E-state index in [4.69, 9.17) is 14.6 Å². The molecule has 0 saturated carbocycles. The smallest absolute Gasteiger partial charge is 0.349 e. The first kappa shape index (κ1) is 27.9. The van der Waals surface area contributed by atoms with Gasteiger partial charge in [0, 0.05) is 6.42 Å². The lowest BCUT2D eigenvalue weighted by atomic mass is 10.1. The van der Waals surface area contributed by atoms with E-state index in [1.807, 2.05) is 43.3 Å². The molecule has 0 amide bonds. The average Bonchev–Trinajstić information content (AvgIpc) is 3.20. The van der Waals surface area contributed by atoms with Crippen LogP contribution in [0.15, 0.2) is 77.6 Å². The molecule has 0 atom stereocenters. The van der Waals surface area contributed by atoms with E-state index in [-0.39, 0.29) is 5.69 Å². The molecule has 1 aromatic heterocycles. The third kappa shape index (κ3) is 7.25. The van der Waals surface area contributed by atoms with Crippen molar-refractivity contribution in [3.63, 3.8) is 0 Å². The number of ether oxygens (including phenoxy) is 2. The number of benzene rings is 3. The Morgan fingerprint density at radius 3 is 1.90 bits per heavy atom. The van der Waals surface area contributed by atoms with E-state index in [1.54, 1.807) is 23.1 Å². The second-order valence-electron chi connectivity index (χ2n) is 10.5. The summed E-state index contributed by atoms with van der Waals surface area (Å²) in [5.74, 6) is 0.966. The summed E-state index contributed by atoms with van der Waals surface area (Å²) < 4.78 is 14.0. The summed E-state index contributed by atoms with van der Waals surface area (Å²) in [6, 6.07) is 24.2. The van der Waals surface area contributed by atoms with Gasteiger partial charge in [-0.2, -0.15) is 5.10 Å². The highest BCUT2D eigenvalue weighted by molar-refractivity contribution is 5.78. The molecule has 0 fully saturated rings. The lowest BCUT2D eigenvalue weighted by Crippen LogP contribution is -2.39. The highest BCUT2D eigenvalue weighted by Gasteiger charge is 2.31. The quantitative estimate of drug-likeness (QED) is 0.249. The van der Waals surface area contributed by atoms with Crippen LogP contribution in [0.2, 0.25) is 0 Å². The maximum atomic E-state index is 13.4. The Bertz CT molecular complexity index is 1450. The van der Waals surface area contributed by atoms with Gasteiger partial charge in [-0.25, -0.2) is 14.3 Å². The fraction of sp³-hybridized carbons (Fsp3) is 0.344. The summed E-state index contributed by atoms with van der Waals surface area (Å²) in [6.07, 6.45) is 2.34. The minimum absolute atomic E-state index is 0.0964. The number of hydrogen-bond donors (Lipinski definition) is 0. The number of aromatic nitrogens is 3. The first-order valence-electron chi connectivity index (χ1n) is 13.3. The predicted molar refractivity (Wildman–Crippen MR) is 152 cm³/mol. The molecule has 0 saturated heterocycles. The number of rotatable bonds is 11. The Labute approximate surface area is 230 Å². The van der Waals surface area contributed by atoms with E-state index in [0.717, 1.165) is 35.4 Å². The summed E-state index contributed by atoms with van der Waals surface area (Å²) in [5, 5.41) is 4.75. The Kier molecular flexibility index (Phi) is 8.69. The third-order valence-corrected chi connectivity index (χ3v) is 6.75. The number of carbonyl (C=O) groups is 1. The van der Waals surface area contributed by atoms with Crippen molar-refractivity contribution in [2.75, 3.05) is 7.11 Å². The standard InChI is InChI=1S/C32H37N3O4/c1-23-9-13-26(14-10-23)21-34-29(33-35(31(34)37)22-27-15-11-24(2)12-16-27)8-6-7-25-17-19-28(20-18-25)39-32(3,4)30(36)38-5/h9-20H,6-8,21-22H2,1-5H3. The maximum Gasteiger partial charge on any atom is 0.349 e. The van der Waals surface area contributed by atoms with Crippen LogP contribution in [-0.2, 0) is 35.5 Å². The summed E-state index contributed by atoms with van der Waals surface area (Å²) in [6.45, 7) is 8.40. The zero-order chi connectivity index (χ0) is 28.0. The summed E-state index contributed by atoms with van der Waals surface area (Å²) in [4.78, 5) is 25.3. The van der Waals surface area contributed by atoms with E-state index in [2.05, 4.69) is 43.3 Å². The van der Waals surface area contributed by atoms with Crippen molar-refractivity contribution >= 4 is 5.97 Å². The van der Waals surface area contributed by atoms with Gasteiger partial charge in [0.05, 0.1) is 20.2 Å². The summed E-state index contributed by atoms with van der Waals surface area (Å²) in [7, 11) is 1.35. The molecule has 0 aliphatic carbocycles. The van der Waals surface area contributed by atoms with Gasteiger partial charge in [-0.3, -0.25) is 4.57 Å². The molecule has 7 nitrogen and oxygen atoms in total. The molecule has 7 heteroatoms. The van der Waals surface area contributed by atoms with Crippen LogP contribution >= 0.6 is 0 Å². The van der Waals surface area contributed by atoms with Crippen LogP contribution < -0.4 is 10.4 Å². The topological polar surface area (TPSA) is 75.3 Å². The monoisotopic (exact) mass is 527 g/mol. The molecule has 0 radical (unpaired) electrons. The fourth-order valence-electron chi connectivity index (χ4n) is 4.43. The van der Waals surface area contributed by atoms with Crippen molar-refractivity contribution < 1.29 is 14.3 Å². The van der Waals surface area contributed by atoms with Gasteiger partial charge in [0.1, 0.15) is 11.6 Å². The van der Waals surface area contributed by atoms with E-state index in [1.165, 1.54) is 18.2 Å². The second-order valence-corrected chi connectivity index (χ2v) is 10.5. The second kappa shape index (κ2) is 12.2. The van der Waals surface area contributed by atoms with Crippen LogP contribution in [0.3, 0.4) is 0 Å². The Morgan fingerprint density at radius 1 is 0.795 bits per heavy atom. The molecule has 0 N–H and O–H groups in total. The van der Waals surface area contributed by atoms with Gasteiger partial charge in [-0.15, -0.1) is 0 Å². The van der Waals surface area contributed by atoms with Gasteiger partial charge in [-0.05, 0) is 69.4 Å². The van der Waals surface area contributed by atoms with Gasteiger partial charge >= 0.3 is 11.7 Å². The molecular formula is C32H37N3O4. The minimum atomic E-state index is -1.06. The van der Waals surface area contributed by atoms with E-state index >= 15 is 0 Å². The first-order valence-corrected chi connectivity index (χ1v) is 13.3. The lowest BCUT2D eigenvalue weighted by molar-refractivity contribution is -0.156. The molecule has 0 aliphatic rings. The molecule has 3 aromatic carbocycles. The van der Waals surface area contributed by atoms with Crippen LogP contribution in [0.4, 0.5) is 0 Å². The van der Waals surface area contributed by atoms with E-state index in [9.17, 15) is 9.59 Å². The molecule has 0 unspecified atom stereocenters. The Morgan fingerprint density at radius 2 is 1.33 bits per heavy atom. The number of hydrogen-bond acceptors (Lipinski definition) is 5. The zero-order valence-corrected chi connectivity index (χ0v) is 23.4. The zero-order valence-electron chi connectivity index (χ0n) is 23.4. The fourth-order valence-corrected chi connectivity index (χ4v) is 4.43. The Hall–Kier alpha value is -4.13. The normalized spacial score (nSPS) is 11.4. The molecule has 4 rings (SSSR count). The Balaban J connectivity index is 1.47. The van der Waals surface area contributed by atoms with Crippen molar-refractivity contribution in [1.82, 2.24) is 14.3 Å². The SMILES string of the molecule is COC(=O)C(C)(C)Oc1ccc(CCCc2nn(Cc3ccc(C)cc3)c(=O)n2Cc2ccc(C)cc2)cc1. The van der Waals surface area contributed by atoms with Crippen LogP contribution in [0.25, 0.3) is 0 Å². The van der Waals surface area contributed by atoms with Gasteiger partial charge in [0.2, 0.25) is 0 Å². The van der Waals surface area contributed by atoms with Crippen molar-refractivity contribution in [2.24, 2.45) is 0 Å². The number of aryl methyl sites for hydroxylation is 4. The van der Waals surface area contributed by atoms with Crippen LogP contribution in [0.1, 0.15) is 53.9 Å². The first-order chi connectivity index (χ1) is 18.6. The highest BCUT2D eigenvalue weighted by Crippen LogP contribution is 2.21. The third-order valence-electron chi connectivity index (χ3n) is 6.75. The number of nitrogens with zero attached hydrogens (tertiary/aromatic N) is 3. The number of methoxy groups -OCH3 is 1. The predicted octanol–water partition coefficient (Wildman–Crippen LogP) is 5.26. The minimum Gasteiger partial charge on any atom is -0.476 e. The van der Waals surface area contributed by atoms with Gasteiger partial charge in [0.25, 0.3) is 0 Å². The molecule has 39 heavy (non-hydrogen) atoms. The van der Waals surface area contributed by atoms with Crippen molar-refractivity contribution in [2.45, 2.75) is 65.6 Å². The van der Waals surface area contributed by atoms with Crippen molar-refractivity contribution in [3.05, 3.63) is 117 Å². The molecule has 4 aromatic rings. The van der Waals surface area contributed by atoms with Gasteiger partial charge in [0.15, 0.2) is 5.60 Å². The van der Waals surface area contributed by atoms with Gasteiger partial charge in [-0.1, -0.05) is 71.8 Å². The van der Waals surface area contributed by atoms with E-state index < -0.39 is 11.6 Å². The largest absolute Gasteiger partial charge is 0.476 e. The maximum absolute atomic E-state index is 13.4. The van der Waals surface area contributed by atoms with Crippen LogP contribution in [0.5, 0.6) is 5.75 Å². The van der Waals surface area contributed by atoms with Crippen LogP contribution in [0, 0.1) is 13.8 Å². The molecule has 204 valence electrons. The molecule has 0 spiro atoms. The lowest BCUT2D eigenvalue weighted by Gasteiger charge is -2.23. The summed E-state index contributed by atoms with van der Waals surface area (Å²) >= 11 is 0. The summed E-state index contributed by atoms with van der Waals surface area (Å²) in [5.41, 5.74) is 4.48. The van der Waals surface area contributed by atoms with Crippen molar-refractivity contribution in [1.29, 1.82) is 0 Å². The number of carbonyl (C=O) groups excluding carboxylic acids is 1. The van der Waals surface area contributed by atoms with Crippen LogP contribution in [-0.4, -0.2) is 33.0 Å². The number of esters is 1. The molecule has 0 bridgehead atoms. The average molecular weight is 528 g/mol. The molecule has 1 heterocycles. The highest BCUT2D eigenvalue weighted by atomic mass is 16.6. The molecular weight excluding hydrogens is 490 g/mol. The molecule has 0 aliphatic heterocycles. The van der Waals surface area contributed by atoms with E-state index in [0.29, 0.717) is 25.3 Å². The van der Waals surface area contributed by atoms with Crippen molar-refractivity contribution in [3.8, 4) is 5.75 Å². The van der Waals surface area contributed by atoms with Gasteiger partial charge < -0.3 is 9.47 Å².